The predicted molar refractivity (Wildman–Crippen MR) is 131 cm³/mol. The number of carbonyl (C=O) groups is 1. The van der Waals surface area contributed by atoms with Crippen molar-refractivity contribution in [1.82, 2.24) is 30.0 Å². The molecule has 1 amide bonds. The molecule has 4 aromatic heterocycles. The zero-order chi connectivity index (χ0) is 23.1. The second kappa shape index (κ2) is 8.09. The maximum atomic E-state index is 13.1. The maximum absolute atomic E-state index is 13.1. The van der Waals surface area contributed by atoms with Crippen LogP contribution in [-0.4, -0.2) is 36.0 Å². The molecule has 0 aromatic carbocycles. The molecule has 10 heteroatoms. The summed E-state index contributed by atoms with van der Waals surface area (Å²) in [7, 11) is 0. The largest absolute Gasteiger partial charge is 0.324 e. The van der Waals surface area contributed by atoms with Crippen LogP contribution in [0, 0.1) is 6.92 Å². The van der Waals surface area contributed by atoms with Crippen molar-refractivity contribution in [2.45, 2.75) is 6.92 Å². The number of amides is 1. The monoisotopic (exact) mass is 466 g/mol. The van der Waals surface area contributed by atoms with Crippen molar-refractivity contribution in [3.8, 4) is 0 Å². The number of nitrogens with zero attached hydrogens (tertiary/aromatic N) is 5. The van der Waals surface area contributed by atoms with Gasteiger partial charge in [-0.2, -0.15) is 10.1 Å². The first-order valence-electron chi connectivity index (χ1n) is 10.5. The Balaban J connectivity index is 1.30. The number of rotatable bonds is 5. The van der Waals surface area contributed by atoms with E-state index < -0.39 is 0 Å². The number of hydrogen-bond acceptors (Lipinski definition) is 8. The number of carbonyl (C=O) groups excluding carboxylic acids is 1. The predicted octanol–water partition coefficient (Wildman–Crippen LogP) is 4.65. The van der Waals surface area contributed by atoms with E-state index >= 15 is 0 Å². The molecule has 0 saturated carbocycles. The molecule has 6 heterocycles. The highest BCUT2D eigenvalue weighted by molar-refractivity contribution is 7.16. The van der Waals surface area contributed by atoms with Crippen LogP contribution in [0.4, 0.5) is 17.6 Å². The first kappa shape index (κ1) is 20.1. The average Bonchev–Trinajstić information content (AvgIpc) is 3.47. The van der Waals surface area contributed by atoms with Gasteiger partial charge in [-0.3, -0.25) is 19.8 Å². The van der Waals surface area contributed by atoms with E-state index in [2.05, 4.69) is 35.8 Å². The summed E-state index contributed by atoms with van der Waals surface area (Å²) in [6, 6.07) is 9.19. The summed E-state index contributed by atoms with van der Waals surface area (Å²) in [4.78, 5) is 29.1. The normalized spacial score (nSPS) is 14.5. The molecular formula is C24H18N8OS. The van der Waals surface area contributed by atoms with Gasteiger partial charge in [0.2, 0.25) is 5.95 Å². The highest BCUT2D eigenvalue weighted by Gasteiger charge is 2.27. The number of aryl methyl sites for hydroxylation is 1. The van der Waals surface area contributed by atoms with Gasteiger partial charge in [0.15, 0.2) is 5.82 Å². The van der Waals surface area contributed by atoms with E-state index in [1.54, 1.807) is 29.3 Å². The number of thiophene rings is 1. The second-order valence-corrected chi connectivity index (χ2v) is 8.59. The van der Waals surface area contributed by atoms with Crippen molar-refractivity contribution >= 4 is 45.0 Å². The molecule has 6 rings (SSSR count). The fourth-order valence-electron chi connectivity index (χ4n) is 3.78. The van der Waals surface area contributed by atoms with Crippen LogP contribution >= 0.6 is 11.3 Å². The lowest BCUT2D eigenvalue weighted by molar-refractivity contribution is 0.0845. The summed E-state index contributed by atoms with van der Waals surface area (Å²) in [5, 5.41) is 16.6. The second-order valence-electron chi connectivity index (χ2n) is 7.70. The molecule has 0 radical (unpaired) electrons. The van der Waals surface area contributed by atoms with E-state index in [-0.39, 0.29) is 5.91 Å². The zero-order valence-electron chi connectivity index (χ0n) is 18.0. The molecule has 2 bridgehead atoms. The minimum absolute atomic E-state index is 0.185. The third-order valence-corrected chi connectivity index (χ3v) is 6.08. The van der Waals surface area contributed by atoms with Gasteiger partial charge in [0.1, 0.15) is 16.3 Å². The fraction of sp³-hybridized carbons (Fsp3) is 0.0417. The molecule has 0 atom stereocenters. The molecule has 2 aliphatic heterocycles. The van der Waals surface area contributed by atoms with Gasteiger partial charge in [-0.15, -0.1) is 11.3 Å². The molecule has 0 fully saturated rings. The minimum atomic E-state index is -0.185. The molecule has 0 aliphatic carbocycles. The van der Waals surface area contributed by atoms with Crippen LogP contribution in [-0.2, 0) is 0 Å². The molecule has 9 nitrogen and oxygen atoms in total. The summed E-state index contributed by atoms with van der Waals surface area (Å²) < 4.78 is 0. The van der Waals surface area contributed by atoms with E-state index in [9.17, 15) is 4.79 Å². The first-order chi connectivity index (χ1) is 16.6. The highest BCUT2D eigenvalue weighted by atomic mass is 32.1. The van der Waals surface area contributed by atoms with Crippen LogP contribution in [0.2, 0.25) is 0 Å². The van der Waals surface area contributed by atoms with Crippen LogP contribution in [0.3, 0.4) is 0 Å². The van der Waals surface area contributed by atoms with Gasteiger partial charge < -0.3 is 10.6 Å². The third kappa shape index (κ3) is 3.65. The Bertz CT molecular complexity index is 1540. The van der Waals surface area contributed by atoms with Crippen molar-refractivity contribution in [2.24, 2.45) is 0 Å². The minimum Gasteiger partial charge on any atom is -0.324 e. The van der Waals surface area contributed by atoms with Gasteiger partial charge in [0.05, 0.1) is 16.8 Å². The number of H-pyrrole nitrogens is 1. The molecule has 166 valence electrons. The number of pyridine rings is 1. The molecule has 0 saturated heterocycles. The van der Waals surface area contributed by atoms with Crippen LogP contribution in [0.5, 0.6) is 0 Å². The average molecular weight is 467 g/mol. The molecule has 4 aromatic rings. The zero-order valence-corrected chi connectivity index (χ0v) is 18.8. The van der Waals surface area contributed by atoms with Gasteiger partial charge in [-0.1, -0.05) is 12.1 Å². The SMILES string of the molecule is Cc1cc(Nc2nc(NC3=CC4=CC=CC(=C3)N4C(=O)c3ccccn3)nc3sccc23)n[nH]1. The Labute approximate surface area is 198 Å². The summed E-state index contributed by atoms with van der Waals surface area (Å²) in [6.45, 7) is 1.94. The number of nitrogens with one attached hydrogen (secondary N) is 3. The fourth-order valence-corrected chi connectivity index (χ4v) is 4.54. The van der Waals surface area contributed by atoms with Crippen LogP contribution in [0.15, 0.2) is 89.4 Å². The summed E-state index contributed by atoms with van der Waals surface area (Å²) >= 11 is 1.54. The highest BCUT2D eigenvalue weighted by Crippen LogP contribution is 2.32. The van der Waals surface area contributed by atoms with Crippen molar-refractivity contribution in [3.05, 3.63) is 101 Å². The summed E-state index contributed by atoms with van der Waals surface area (Å²) in [6.07, 6.45) is 11.1. The number of hydrogen-bond donors (Lipinski definition) is 3. The lowest BCUT2D eigenvalue weighted by atomic mass is 10.1. The standard InChI is InChI=1S/C24H18N8OS/c1-14-11-20(31-30-14)27-21-18-8-10-34-22(18)29-24(28-21)26-15-12-16-5-4-6-17(13-15)32(16)23(33)19-7-2-3-9-25-19/h2-13H,1H3,(H3,26,27,28,29,30,31). The van der Waals surface area contributed by atoms with Crippen molar-refractivity contribution in [2.75, 3.05) is 10.6 Å². The molecule has 2 aliphatic rings. The van der Waals surface area contributed by atoms with E-state index in [1.807, 2.05) is 54.8 Å². The van der Waals surface area contributed by atoms with E-state index in [1.165, 1.54) is 11.3 Å². The Morgan fingerprint density at radius 2 is 2.06 bits per heavy atom. The topological polar surface area (TPSA) is 112 Å². The Morgan fingerprint density at radius 1 is 1.12 bits per heavy atom. The number of anilines is 3. The van der Waals surface area contributed by atoms with E-state index in [4.69, 9.17) is 0 Å². The van der Waals surface area contributed by atoms with Gasteiger partial charge in [-0.05, 0) is 54.8 Å². The third-order valence-electron chi connectivity index (χ3n) is 5.28. The number of fused-ring (bicyclic) bond motifs is 3. The Morgan fingerprint density at radius 3 is 2.85 bits per heavy atom. The first-order valence-corrected chi connectivity index (χ1v) is 11.4. The molecule has 3 N–H and O–H groups in total. The van der Waals surface area contributed by atoms with E-state index in [0.29, 0.717) is 23.3 Å². The summed E-state index contributed by atoms with van der Waals surface area (Å²) in [5.41, 5.74) is 3.58. The molecule has 34 heavy (non-hydrogen) atoms. The van der Waals surface area contributed by atoms with Gasteiger partial charge in [0.25, 0.3) is 5.91 Å². The quantitative estimate of drug-likeness (QED) is 0.392. The molecule has 0 unspecified atom stereocenters. The van der Waals surface area contributed by atoms with Crippen LogP contribution < -0.4 is 10.6 Å². The van der Waals surface area contributed by atoms with Gasteiger partial charge >= 0.3 is 0 Å². The van der Waals surface area contributed by atoms with Crippen molar-refractivity contribution in [1.29, 1.82) is 0 Å². The Hall–Kier alpha value is -4.57. The van der Waals surface area contributed by atoms with Gasteiger partial charge in [0, 0.05) is 23.7 Å². The maximum Gasteiger partial charge on any atom is 0.281 e. The van der Waals surface area contributed by atoms with E-state index in [0.717, 1.165) is 33.0 Å². The smallest absolute Gasteiger partial charge is 0.281 e. The van der Waals surface area contributed by atoms with Crippen LogP contribution in [0.25, 0.3) is 10.2 Å². The molecule has 0 spiro atoms. The van der Waals surface area contributed by atoms with Gasteiger partial charge in [-0.25, -0.2) is 4.98 Å². The van der Waals surface area contributed by atoms with Crippen LogP contribution in [0.1, 0.15) is 16.2 Å². The van der Waals surface area contributed by atoms with Crippen molar-refractivity contribution < 1.29 is 4.79 Å². The Kier molecular flexibility index (Phi) is 4.77. The number of allylic oxidation sites excluding steroid dienone is 5. The summed E-state index contributed by atoms with van der Waals surface area (Å²) in [5.74, 6) is 1.60. The molecular weight excluding hydrogens is 448 g/mol. The number of aromatic nitrogens is 5. The lowest BCUT2D eigenvalue weighted by Crippen LogP contribution is -2.32. The number of aromatic amines is 1. The lowest BCUT2D eigenvalue weighted by Gasteiger charge is -2.30. The van der Waals surface area contributed by atoms with Crippen molar-refractivity contribution in [3.63, 3.8) is 0 Å².